The van der Waals surface area contributed by atoms with Crippen LogP contribution in [-0.4, -0.2) is 59.8 Å². The van der Waals surface area contributed by atoms with Crippen LogP contribution in [0, 0.1) is 6.92 Å². The van der Waals surface area contributed by atoms with Crippen LogP contribution >= 0.6 is 11.3 Å². The van der Waals surface area contributed by atoms with Crippen LogP contribution in [0.2, 0.25) is 0 Å². The van der Waals surface area contributed by atoms with Gasteiger partial charge in [0.2, 0.25) is 0 Å². The molecule has 24 heavy (non-hydrogen) atoms. The zero-order valence-electron chi connectivity index (χ0n) is 13.8. The third-order valence-electron chi connectivity index (χ3n) is 4.12. The van der Waals surface area contributed by atoms with E-state index in [1.807, 2.05) is 37.1 Å². The van der Waals surface area contributed by atoms with E-state index in [9.17, 15) is 9.59 Å². The molecule has 0 spiro atoms. The van der Waals surface area contributed by atoms with Crippen molar-refractivity contribution in [1.29, 1.82) is 0 Å². The number of nitrogens with one attached hydrogen (secondary N) is 1. The maximum absolute atomic E-state index is 12.5. The van der Waals surface area contributed by atoms with E-state index in [0.717, 1.165) is 18.7 Å². The summed E-state index contributed by atoms with van der Waals surface area (Å²) in [5, 5.41) is 4.92. The maximum atomic E-state index is 12.5. The number of carbonyl (C=O) groups excluding carboxylic acids is 2. The first-order valence-corrected chi connectivity index (χ1v) is 8.73. The molecule has 1 aliphatic heterocycles. The lowest BCUT2D eigenvalue weighted by atomic mass is 10.1. The molecule has 7 heteroatoms. The largest absolute Gasteiger partial charge is 0.335 e. The van der Waals surface area contributed by atoms with Crippen LogP contribution in [0.3, 0.4) is 0 Å². The van der Waals surface area contributed by atoms with Crippen molar-refractivity contribution < 1.29 is 9.59 Å². The highest BCUT2D eigenvalue weighted by atomic mass is 32.1. The molecule has 6 nitrogen and oxygen atoms in total. The lowest BCUT2D eigenvalue weighted by Crippen LogP contribution is -2.47. The standard InChI is InChI=1S/C17H20N4O2S/c1-12-5-3-4-6-13(12)15(22)19-17-18-14(11-24-17)16(23)21-9-7-20(2)8-10-21/h3-6,11H,7-10H2,1-2H3,(H,18,19,22). The summed E-state index contributed by atoms with van der Waals surface area (Å²) in [4.78, 5) is 33.1. The number of aromatic nitrogens is 1. The van der Waals surface area contributed by atoms with Crippen molar-refractivity contribution in [2.45, 2.75) is 6.92 Å². The lowest BCUT2D eigenvalue weighted by Gasteiger charge is -2.31. The van der Waals surface area contributed by atoms with E-state index >= 15 is 0 Å². The summed E-state index contributed by atoms with van der Waals surface area (Å²) >= 11 is 1.27. The summed E-state index contributed by atoms with van der Waals surface area (Å²) < 4.78 is 0. The average molecular weight is 344 g/mol. The van der Waals surface area contributed by atoms with Gasteiger partial charge in [0.05, 0.1) is 0 Å². The Bertz CT molecular complexity index is 751. The molecule has 2 heterocycles. The first-order chi connectivity index (χ1) is 11.5. The minimum Gasteiger partial charge on any atom is -0.335 e. The van der Waals surface area contributed by atoms with Crippen molar-refractivity contribution in [3.8, 4) is 0 Å². The Morgan fingerprint density at radius 2 is 1.88 bits per heavy atom. The molecule has 126 valence electrons. The molecule has 2 amide bonds. The fourth-order valence-corrected chi connectivity index (χ4v) is 3.27. The molecule has 1 aromatic heterocycles. The highest BCUT2D eigenvalue weighted by Gasteiger charge is 2.22. The van der Waals surface area contributed by atoms with E-state index in [-0.39, 0.29) is 11.8 Å². The minimum atomic E-state index is -0.207. The predicted molar refractivity (Wildman–Crippen MR) is 94.6 cm³/mol. The number of amides is 2. The molecule has 3 rings (SSSR count). The smallest absolute Gasteiger partial charge is 0.273 e. The molecule has 0 atom stereocenters. The van der Waals surface area contributed by atoms with Gasteiger partial charge < -0.3 is 9.80 Å². The van der Waals surface area contributed by atoms with Gasteiger partial charge in [-0.15, -0.1) is 11.3 Å². The van der Waals surface area contributed by atoms with Gasteiger partial charge in [-0.2, -0.15) is 0 Å². The molecule has 1 N–H and O–H groups in total. The zero-order chi connectivity index (χ0) is 17.1. The predicted octanol–water partition coefficient (Wildman–Crippen LogP) is 2.09. The molecular formula is C17H20N4O2S. The van der Waals surface area contributed by atoms with Crippen molar-refractivity contribution in [2.24, 2.45) is 0 Å². The fraction of sp³-hybridized carbons (Fsp3) is 0.353. The van der Waals surface area contributed by atoms with Gasteiger partial charge in [-0.3, -0.25) is 14.9 Å². The number of benzene rings is 1. The van der Waals surface area contributed by atoms with Crippen molar-refractivity contribution >= 4 is 28.3 Å². The zero-order valence-corrected chi connectivity index (χ0v) is 14.6. The van der Waals surface area contributed by atoms with Gasteiger partial charge in [-0.25, -0.2) is 4.98 Å². The third kappa shape index (κ3) is 3.63. The molecule has 1 aromatic carbocycles. The molecule has 1 fully saturated rings. The number of thiazole rings is 1. The molecule has 1 aliphatic rings. The highest BCUT2D eigenvalue weighted by molar-refractivity contribution is 7.14. The molecule has 0 aliphatic carbocycles. The van der Waals surface area contributed by atoms with Gasteiger partial charge in [0.25, 0.3) is 11.8 Å². The molecule has 2 aromatic rings. The fourth-order valence-electron chi connectivity index (χ4n) is 2.59. The Morgan fingerprint density at radius 3 is 2.58 bits per heavy atom. The summed E-state index contributed by atoms with van der Waals surface area (Å²) in [6.07, 6.45) is 0. The van der Waals surface area contributed by atoms with E-state index in [0.29, 0.717) is 29.5 Å². The van der Waals surface area contributed by atoms with Gasteiger partial charge >= 0.3 is 0 Å². The number of anilines is 1. The summed E-state index contributed by atoms with van der Waals surface area (Å²) in [7, 11) is 2.05. The highest BCUT2D eigenvalue weighted by Crippen LogP contribution is 2.19. The van der Waals surface area contributed by atoms with Gasteiger partial charge in [-0.1, -0.05) is 18.2 Å². The number of hydrogen-bond acceptors (Lipinski definition) is 5. The molecule has 0 radical (unpaired) electrons. The van der Waals surface area contributed by atoms with E-state index in [1.165, 1.54) is 11.3 Å². The van der Waals surface area contributed by atoms with Crippen LogP contribution in [0.4, 0.5) is 5.13 Å². The molecule has 0 bridgehead atoms. The summed E-state index contributed by atoms with van der Waals surface area (Å²) in [6.45, 7) is 5.04. The van der Waals surface area contributed by atoms with Crippen molar-refractivity contribution in [2.75, 3.05) is 38.5 Å². The normalized spacial score (nSPS) is 15.3. The van der Waals surface area contributed by atoms with Crippen LogP contribution in [-0.2, 0) is 0 Å². The molecule has 1 saturated heterocycles. The topological polar surface area (TPSA) is 65.5 Å². The number of carbonyl (C=O) groups is 2. The minimum absolute atomic E-state index is 0.0734. The second-order valence-corrected chi connectivity index (χ2v) is 6.76. The van der Waals surface area contributed by atoms with Crippen LogP contribution < -0.4 is 5.32 Å². The van der Waals surface area contributed by atoms with Gasteiger partial charge in [0.1, 0.15) is 5.69 Å². The Labute approximate surface area is 145 Å². The number of nitrogens with zero attached hydrogens (tertiary/aromatic N) is 3. The molecule has 0 unspecified atom stereocenters. The van der Waals surface area contributed by atoms with Crippen LogP contribution in [0.25, 0.3) is 0 Å². The summed E-state index contributed by atoms with van der Waals surface area (Å²) in [5.41, 5.74) is 1.91. The SMILES string of the molecule is Cc1ccccc1C(=O)Nc1nc(C(=O)N2CCN(C)CC2)cs1. The van der Waals surface area contributed by atoms with Gasteiger partial charge in [-0.05, 0) is 25.6 Å². The summed E-state index contributed by atoms with van der Waals surface area (Å²) in [6, 6.07) is 7.38. The van der Waals surface area contributed by atoms with Gasteiger partial charge in [0, 0.05) is 37.1 Å². The Morgan fingerprint density at radius 1 is 1.17 bits per heavy atom. The summed E-state index contributed by atoms with van der Waals surface area (Å²) in [5.74, 6) is -0.281. The van der Waals surface area contributed by atoms with E-state index < -0.39 is 0 Å². The third-order valence-corrected chi connectivity index (χ3v) is 4.88. The Kier molecular flexibility index (Phi) is 4.92. The first kappa shape index (κ1) is 16.6. The van der Waals surface area contributed by atoms with E-state index in [4.69, 9.17) is 0 Å². The lowest BCUT2D eigenvalue weighted by molar-refractivity contribution is 0.0659. The van der Waals surface area contributed by atoms with Crippen molar-refractivity contribution in [1.82, 2.24) is 14.8 Å². The van der Waals surface area contributed by atoms with E-state index in [2.05, 4.69) is 15.2 Å². The quantitative estimate of drug-likeness (QED) is 0.926. The maximum Gasteiger partial charge on any atom is 0.273 e. The number of hydrogen-bond donors (Lipinski definition) is 1. The number of aryl methyl sites for hydroxylation is 1. The van der Waals surface area contributed by atoms with E-state index in [1.54, 1.807) is 11.4 Å². The molecule has 0 saturated carbocycles. The van der Waals surface area contributed by atoms with Crippen LogP contribution in [0.15, 0.2) is 29.6 Å². The number of rotatable bonds is 3. The van der Waals surface area contributed by atoms with Crippen molar-refractivity contribution in [3.05, 3.63) is 46.5 Å². The monoisotopic (exact) mass is 344 g/mol. The Balaban J connectivity index is 1.66. The molecular weight excluding hydrogens is 324 g/mol. The Hall–Kier alpha value is -2.25. The van der Waals surface area contributed by atoms with Crippen LogP contribution in [0.1, 0.15) is 26.4 Å². The van der Waals surface area contributed by atoms with Crippen LogP contribution in [0.5, 0.6) is 0 Å². The van der Waals surface area contributed by atoms with Gasteiger partial charge in [0.15, 0.2) is 5.13 Å². The second-order valence-electron chi connectivity index (χ2n) is 5.90. The second kappa shape index (κ2) is 7.11. The van der Waals surface area contributed by atoms with Crippen molar-refractivity contribution in [3.63, 3.8) is 0 Å². The number of likely N-dealkylation sites (N-methyl/N-ethyl adjacent to an activating group) is 1. The first-order valence-electron chi connectivity index (χ1n) is 7.85. The number of piperazine rings is 1. The average Bonchev–Trinajstić information content (AvgIpc) is 3.03.